The number of benzene rings is 1. The molecule has 1 aliphatic carbocycles. The summed E-state index contributed by atoms with van der Waals surface area (Å²) in [7, 11) is 0. The predicted molar refractivity (Wildman–Crippen MR) is 90.1 cm³/mol. The molecule has 0 bridgehead atoms. The van der Waals surface area contributed by atoms with Crippen molar-refractivity contribution >= 4 is 17.5 Å². The first kappa shape index (κ1) is 17.5. The van der Waals surface area contributed by atoms with E-state index in [9.17, 15) is 14.7 Å². The summed E-state index contributed by atoms with van der Waals surface area (Å²) in [5.41, 5.74) is 1.50. The van der Waals surface area contributed by atoms with Crippen molar-refractivity contribution in [2.45, 2.75) is 51.6 Å². The van der Waals surface area contributed by atoms with Crippen LogP contribution in [0, 0.1) is 5.92 Å². The van der Waals surface area contributed by atoms with Crippen LogP contribution in [0.25, 0.3) is 0 Å². The second-order valence-electron chi connectivity index (χ2n) is 7.22. The first-order valence-corrected chi connectivity index (χ1v) is 8.16. The molecule has 0 aliphatic heterocycles. The van der Waals surface area contributed by atoms with Gasteiger partial charge in [0.05, 0.1) is 6.10 Å². The monoisotopic (exact) mass is 318 g/mol. The highest BCUT2D eigenvalue weighted by Crippen LogP contribution is 2.29. The van der Waals surface area contributed by atoms with Crippen LogP contribution in [0.15, 0.2) is 24.3 Å². The van der Waals surface area contributed by atoms with Gasteiger partial charge in [-0.25, -0.2) is 0 Å². The Bertz CT molecular complexity index is 578. The maximum atomic E-state index is 12.1. The number of carbonyl (C=O) groups excluding carboxylic acids is 2. The highest BCUT2D eigenvalue weighted by molar-refractivity contribution is 6.39. The van der Waals surface area contributed by atoms with E-state index in [0.29, 0.717) is 12.2 Å². The Balaban J connectivity index is 1.95. The van der Waals surface area contributed by atoms with Gasteiger partial charge in [-0.2, -0.15) is 0 Å². The van der Waals surface area contributed by atoms with E-state index in [0.717, 1.165) is 24.8 Å². The number of nitrogens with one attached hydrogen (secondary N) is 2. The van der Waals surface area contributed by atoms with Crippen molar-refractivity contribution in [2.75, 3.05) is 11.9 Å². The number of anilines is 1. The molecule has 5 heteroatoms. The molecule has 3 N–H and O–H groups in total. The van der Waals surface area contributed by atoms with Crippen LogP contribution in [0.5, 0.6) is 0 Å². The first-order chi connectivity index (χ1) is 10.8. The molecule has 23 heavy (non-hydrogen) atoms. The number of hydrogen-bond acceptors (Lipinski definition) is 3. The third-order valence-corrected chi connectivity index (χ3v) is 4.33. The van der Waals surface area contributed by atoms with E-state index in [1.165, 1.54) is 0 Å². The lowest BCUT2D eigenvalue weighted by molar-refractivity contribution is -0.136. The van der Waals surface area contributed by atoms with Gasteiger partial charge in [-0.1, -0.05) is 45.4 Å². The van der Waals surface area contributed by atoms with Crippen LogP contribution in [0.3, 0.4) is 0 Å². The molecule has 2 atom stereocenters. The van der Waals surface area contributed by atoms with Gasteiger partial charge in [0.1, 0.15) is 0 Å². The second-order valence-corrected chi connectivity index (χ2v) is 7.22. The molecular formula is C18H26N2O3. The van der Waals surface area contributed by atoms with Gasteiger partial charge >= 0.3 is 11.8 Å². The maximum absolute atomic E-state index is 12.1. The van der Waals surface area contributed by atoms with Crippen molar-refractivity contribution in [1.29, 1.82) is 0 Å². The van der Waals surface area contributed by atoms with Crippen LogP contribution < -0.4 is 10.6 Å². The summed E-state index contributed by atoms with van der Waals surface area (Å²) < 4.78 is 0. The molecule has 5 nitrogen and oxygen atoms in total. The number of amides is 2. The third kappa shape index (κ3) is 4.55. The highest BCUT2D eigenvalue weighted by Gasteiger charge is 2.27. The molecule has 0 heterocycles. The Labute approximate surface area is 137 Å². The smallest absolute Gasteiger partial charge is 0.313 e. The van der Waals surface area contributed by atoms with Gasteiger partial charge < -0.3 is 15.7 Å². The van der Waals surface area contributed by atoms with E-state index in [1.54, 1.807) is 6.07 Å². The van der Waals surface area contributed by atoms with Gasteiger partial charge in [0, 0.05) is 18.2 Å². The van der Waals surface area contributed by atoms with Gasteiger partial charge in [-0.05, 0) is 29.9 Å². The van der Waals surface area contributed by atoms with Crippen molar-refractivity contribution in [3.63, 3.8) is 0 Å². The summed E-state index contributed by atoms with van der Waals surface area (Å²) in [5, 5.41) is 15.1. The molecule has 2 amide bonds. The Kier molecular flexibility index (Phi) is 5.42. The standard InChI is InChI=1S/C18H26N2O3/c1-18(2,3)13-8-4-5-9-14(13)20-17(23)16(22)19-11-12-7-6-10-15(12)21/h4-5,8-9,12,15,21H,6-7,10-11H2,1-3H3,(H,19,22)(H,20,23). The molecule has 2 rings (SSSR count). The number of rotatable bonds is 3. The summed E-state index contributed by atoms with van der Waals surface area (Å²) in [6.45, 7) is 6.51. The molecule has 2 unspecified atom stereocenters. The minimum Gasteiger partial charge on any atom is -0.393 e. The van der Waals surface area contributed by atoms with E-state index >= 15 is 0 Å². The molecule has 1 aromatic carbocycles. The molecule has 0 aromatic heterocycles. The van der Waals surface area contributed by atoms with E-state index in [4.69, 9.17) is 0 Å². The Morgan fingerprint density at radius 3 is 2.48 bits per heavy atom. The summed E-state index contributed by atoms with van der Waals surface area (Å²) in [5.74, 6) is -1.28. The molecule has 1 aromatic rings. The van der Waals surface area contributed by atoms with E-state index in [1.807, 2.05) is 18.2 Å². The number of carbonyl (C=O) groups is 2. The summed E-state index contributed by atoms with van der Waals surface area (Å²) in [6, 6.07) is 7.49. The zero-order chi connectivity index (χ0) is 17.0. The average Bonchev–Trinajstić information content (AvgIpc) is 2.89. The summed E-state index contributed by atoms with van der Waals surface area (Å²) >= 11 is 0. The zero-order valence-corrected chi connectivity index (χ0v) is 14.1. The fourth-order valence-corrected chi connectivity index (χ4v) is 2.98. The fraction of sp³-hybridized carbons (Fsp3) is 0.556. The molecule has 0 saturated heterocycles. The van der Waals surface area contributed by atoms with Crippen molar-refractivity contribution in [3.8, 4) is 0 Å². The largest absolute Gasteiger partial charge is 0.393 e. The average molecular weight is 318 g/mol. The lowest BCUT2D eigenvalue weighted by Crippen LogP contribution is -2.39. The molecule has 0 radical (unpaired) electrons. The maximum Gasteiger partial charge on any atom is 0.313 e. The van der Waals surface area contributed by atoms with Gasteiger partial charge in [0.15, 0.2) is 0 Å². The Hall–Kier alpha value is -1.88. The van der Waals surface area contributed by atoms with Gasteiger partial charge in [0.25, 0.3) is 0 Å². The summed E-state index contributed by atoms with van der Waals surface area (Å²) in [6.07, 6.45) is 2.24. The van der Waals surface area contributed by atoms with Gasteiger partial charge in [-0.3, -0.25) is 9.59 Å². The minimum absolute atomic E-state index is 0.0496. The van der Waals surface area contributed by atoms with Crippen molar-refractivity contribution in [1.82, 2.24) is 5.32 Å². The predicted octanol–water partition coefficient (Wildman–Crippen LogP) is 2.20. The van der Waals surface area contributed by atoms with Crippen LogP contribution in [0.4, 0.5) is 5.69 Å². The van der Waals surface area contributed by atoms with Crippen molar-refractivity contribution in [3.05, 3.63) is 29.8 Å². The fourth-order valence-electron chi connectivity index (χ4n) is 2.98. The molecule has 0 spiro atoms. The lowest BCUT2D eigenvalue weighted by Gasteiger charge is -2.23. The van der Waals surface area contributed by atoms with E-state index in [2.05, 4.69) is 31.4 Å². The minimum atomic E-state index is -0.672. The molecular weight excluding hydrogens is 292 g/mol. The highest BCUT2D eigenvalue weighted by atomic mass is 16.3. The van der Waals surface area contributed by atoms with Crippen LogP contribution in [-0.2, 0) is 15.0 Å². The Morgan fingerprint density at radius 1 is 1.17 bits per heavy atom. The Morgan fingerprint density at radius 2 is 1.87 bits per heavy atom. The van der Waals surface area contributed by atoms with Crippen molar-refractivity contribution in [2.24, 2.45) is 5.92 Å². The van der Waals surface area contributed by atoms with Crippen LogP contribution >= 0.6 is 0 Å². The second kappa shape index (κ2) is 7.13. The van der Waals surface area contributed by atoms with Crippen LogP contribution in [0.2, 0.25) is 0 Å². The third-order valence-electron chi connectivity index (χ3n) is 4.33. The SMILES string of the molecule is CC(C)(C)c1ccccc1NC(=O)C(=O)NCC1CCCC1O. The topological polar surface area (TPSA) is 78.4 Å². The van der Waals surface area contributed by atoms with E-state index < -0.39 is 11.8 Å². The van der Waals surface area contributed by atoms with Gasteiger partial charge in [0.2, 0.25) is 0 Å². The normalized spacial score (nSPS) is 21.0. The van der Waals surface area contributed by atoms with Crippen LogP contribution in [-0.4, -0.2) is 29.6 Å². The van der Waals surface area contributed by atoms with E-state index in [-0.39, 0.29) is 17.4 Å². The molecule has 126 valence electrons. The molecule has 1 aliphatic rings. The van der Waals surface area contributed by atoms with Crippen molar-refractivity contribution < 1.29 is 14.7 Å². The van der Waals surface area contributed by atoms with Crippen LogP contribution in [0.1, 0.15) is 45.6 Å². The zero-order valence-electron chi connectivity index (χ0n) is 14.1. The molecule has 1 saturated carbocycles. The number of hydrogen-bond donors (Lipinski definition) is 3. The lowest BCUT2D eigenvalue weighted by atomic mass is 9.86. The summed E-state index contributed by atoms with van der Waals surface area (Å²) in [4.78, 5) is 24.1. The van der Waals surface area contributed by atoms with Gasteiger partial charge in [-0.15, -0.1) is 0 Å². The number of para-hydroxylation sites is 1. The first-order valence-electron chi connectivity index (χ1n) is 8.16. The quantitative estimate of drug-likeness (QED) is 0.748. The molecule has 1 fully saturated rings. The number of aliphatic hydroxyl groups is 1. The number of aliphatic hydroxyl groups excluding tert-OH is 1.